The second kappa shape index (κ2) is 18.9. The number of piperidine rings is 1. The molecule has 1 amide bonds. The molecule has 5 heterocycles. The van der Waals surface area contributed by atoms with Gasteiger partial charge < -0.3 is 20.3 Å². The number of carbonyl (C=O) groups excluding carboxylic acids is 1. The van der Waals surface area contributed by atoms with Gasteiger partial charge in [-0.2, -0.15) is 0 Å². The molecule has 9 nitrogen and oxygen atoms in total. The Labute approximate surface area is 363 Å². The number of carbonyl (C=O) groups is 1. The van der Waals surface area contributed by atoms with Gasteiger partial charge in [-0.25, -0.2) is 15.0 Å². The van der Waals surface area contributed by atoms with Crippen LogP contribution in [0.3, 0.4) is 0 Å². The van der Waals surface area contributed by atoms with Crippen molar-refractivity contribution in [3.8, 4) is 5.75 Å². The molecule has 1 saturated heterocycles. The molecule has 7 aromatic rings. The molecule has 14 heteroatoms. The Bertz CT molecular complexity index is 2540. The molecule has 0 aliphatic carbocycles. The van der Waals surface area contributed by atoms with Crippen LogP contribution in [0.15, 0.2) is 109 Å². The molecule has 61 heavy (non-hydrogen) atoms. The number of amides is 1. The summed E-state index contributed by atoms with van der Waals surface area (Å²) in [5.41, 5.74) is 8.94. The fourth-order valence-corrected chi connectivity index (χ4v) is 8.44. The van der Waals surface area contributed by atoms with Gasteiger partial charge in [-0.05, 0) is 107 Å². The maximum absolute atomic E-state index is 13.0. The first-order chi connectivity index (χ1) is 29.2. The molecule has 2 N–H and O–H groups in total. The number of fused-ring (bicyclic) bond motifs is 2. The summed E-state index contributed by atoms with van der Waals surface area (Å²) in [6.45, 7) is 11.6. The number of benzene rings is 3. The topological polar surface area (TPSA) is 96.7 Å². The van der Waals surface area contributed by atoms with E-state index in [1.54, 1.807) is 52.5 Å². The first kappa shape index (κ1) is 43.4. The predicted molar refractivity (Wildman–Crippen MR) is 239 cm³/mol. The first-order valence-corrected chi connectivity index (χ1v) is 21.7. The van der Waals surface area contributed by atoms with Crippen molar-refractivity contribution in [3.05, 3.63) is 148 Å². The van der Waals surface area contributed by atoms with Gasteiger partial charge in [-0.3, -0.25) is 9.20 Å². The van der Waals surface area contributed by atoms with Crippen LogP contribution in [-0.4, -0.2) is 51.3 Å². The number of ether oxygens (including phenoxy) is 1. The second-order valence-corrected chi connectivity index (χ2v) is 17.4. The van der Waals surface area contributed by atoms with Crippen LogP contribution in [0.1, 0.15) is 84.9 Å². The minimum Gasteiger partial charge on any atom is -0.406 e. The van der Waals surface area contributed by atoms with E-state index in [-0.39, 0.29) is 23.0 Å². The van der Waals surface area contributed by atoms with Crippen LogP contribution >= 0.6 is 22.9 Å². The van der Waals surface area contributed by atoms with E-state index in [9.17, 15) is 18.0 Å². The van der Waals surface area contributed by atoms with Gasteiger partial charge in [-0.15, -0.1) is 24.5 Å². The van der Waals surface area contributed by atoms with Crippen LogP contribution < -0.4 is 20.3 Å². The Morgan fingerprint density at radius 2 is 1.61 bits per heavy atom. The highest BCUT2D eigenvalue weighted by atomic mass is 35.5. The van der Waals surface area contributed by atoms with Crippen molar-refractivity contribution in [2.24, 2.45) is 0 Å². The number of imidazole rings is 1. The van der Waals surface area contributed by atoms with Gasteiger partial charge in [0.2, 0.25) is 0 Å². The molecular weight excluding hydrogens is 819 g/mol. The van der Waals surface area contributed by atoms with Crippen molar-refractivity contribution in [2.75, 3.05) is 29.9 Å². The highest BCUT2D eigenvalue weighted by Crippen LogP contribution is 2.33. The third-order valence-electron chi connectivity index (χ3n) is 10.8. The zero-order valence-electron chi connectivity index (χ0n) is 34.6. The molecule has 8 rings (SSSR count). The third-order valence-corrected chi connectivity index (χ3v) is 11.9. The van der Waals surface area contributed by atoms with Crippen molar-refractivity contribution in [3.63, 3.8) is 0 Å². The van der Waals surface area contributed by atoms with Crippen LogP contribution in [0, 0.1) is 0 Å². The number of thiophene rings is 1. The van der Waals surface area contributed by atoms with Gasteiger partial charge in [0.15, 0.2) is 0 Å². The van der Waals surface area contributed by atoms with Crippen LogP contribution in [-0.2, 0) is 24.8 Å². The Hall–Kier alpha value is -5.66. The summed E-state index contributed by atoms with van der Waals surface area (Å²) in [6, 6.07) is 28.8. The number of pyridine rings is 1. The Balaban J connectivity index is 0.000000215. The molecule has 1 fully saturated rings. The number of halogens is 4. The van der Waals surface area contributed by atoms with E-state index in [4.69, 9.17) is 11.6 Å². The second-order valence-electron chi connectivity index (χ2n) is 16.0. The van der Waals surface area contributed by atoms with Crippen molar-refractivity contribution in [1.82, 2.24) is 24.7 Å². The van der Waals surface area contributed by atoms with E-state index in [1.165, 1.54) is 23.3 Å². The molecule has 4 aromatic heterocycles. The minimum absolute atomic E-state index is 0.200. The molecule has 0 bridgehead atoms. The quantitative estimate of drug-likeness (QED) is 0.134. The van der Waals surface area contributed by atoms with Crippen LogP contribution in [0.2, 0.25) is 5.02 Å². The van der Waals surface area contributed by atoms with Gasteiger partial charge >= 0.3 is 6.36 Å². The predicted octanol–water partition coefficient (Wildman–Crippen LogP) is 11.4. The Morgan fingerprint density at radius 1 is 0.902 bits per heavy atom. The summed E-state index contributed by atoms with van der Waals surface area (Å²) in [4.78, 5) is 28.5. The highest BCUT2D eigenvalue weighted by molar-refractivity contribution is 7.17. The molecule has 3 aromatic carbocycles. The molecule has 0 radical (unpaired) electrons. The fraction of sp³-hybridized carbons (Fsp3) is 0.319. The van der Waals surface area contributed by atoms with Gasteiger partial charge in [0.25, 0.3) is 5.91 Å². The van der Waals surface area contributed by atoms with Gasteiger partial charge in [-0.1, -0.05) is 87.8 Å². The summed E-state index contributed by atoms with van der Waals surface area (Å²) < 4.78 is 44.0. The van der Waals surface area contributed by atoms with Gasteiger partial charge in [0.1, 0.15) is 29.2 Å². The third kappa shape index (κ3) is 11.2. The molecule has 0 saturated carbocycles. The largest absolute Gasteiger partial charge is 0.573 e. The zero-order valence-corrected chi connectivity index (χ0v) is 36.2. The van der Waals surface area contributed by atoms with E-state index in [0.29, 0.717) is 29.3 Å². The number of rotatable bonds is 11. The average Bonchev–Trinajstić information content (AvgIpc) is 3.88. The van der Waals surface area contributed by atoms with Gasteiger partial charge in [0, 0.05) is 38.1 Å². The number of anilines is 2. The van der Waals surface area contributed by atoms with E-state index in [0.717, 1.165) is 77.4 Å². The maximum atomic E-state index is 13.0. The monoisotopic (exact) mass is 867 g/mol. The number of nitrogens with one attached hydrogen (secondary N) is 2. The number of hydrogen-bond acceptors (Lipinski definition) is 8. The molecule has 318 valence electrons. The van der Waals surface area contributed by atoms with Gasteiger partial charge in [0.05, 0.1) is 20.9 Å². The highest BCUT2D eigenvalue weighted by Gasteiger charge is 2.31. The lowest BCUT2D eigenvalue weighted by Gasteiger charge is -2.34. The normalized spacial score (nSPS) is 13.5. The average molecular weight is 868 g/mol. The standard InChI is InChI=1S/C29H28ClF3N4O2.C18H21N3S/c1-2-25-27(37-18-22(30)7-12-26(37)35-25)28(38)34-17-19-3-8-23(9-4-19)36-15-13-21(14-16-36)20-5-10-24(11-6-20)39-29(31,32)33;1-18(2,3)14-6-4-13(5-7-14)8-10-19-17-16-15(9-11-22-16)20-12-21-17/h3-12,18,21H,2,13-17H2,1H3,(H,34,38);4-7,9,11-12H,8,10H2,1-3H3,(H,19,20,21). The number of hydrogen-bond donors (Lipinski definition) is 2. The van der Waals surface area contributed by atoms with Crippen molar-refractivity contribution >= 4 is 56.2 Å². The molecule has 1 aliphatic rings. The fourth-order valence-electron chi connectivity index (χ4n) is 7.47. The van der Waals surface area contributed by atoms with Crippen LogP contribution in [0.4, 0.5) is 24.7 Å². The Kier molecular flexibility index (Phi) is 13.5. The van der Waals surface area contributed by atoms with Crippen molar-refractivity contribution < 1.29 is 22.7 Å². The zero-order chi connectivity index (χ0) is 43.1. The first-order valence-electron chi connectivity index (χ1n) is 20.4. The summed E-state index contributed by atoms with van der Waals surface area (Å²) >= 11 is 7.82. The SMILES string of the molecule is CC(C)(C)c1ccc(CCNc2ncnc3ccsc23)cc1.CCc1nc2ccc(Cl)cn2c1C(=O)NCc1ccc(N2CCC(c3ccc(OC(F)(F)F)cc3)CC2)cc1. The van der Waals surface area contributed by atoms with E-state index < -0.39 is 6.36 Å². The Morgan fingerprint density at radius 3 is 2.28 bits per heavy atom. The molecule has 0 unspecified atom stereocenters. The van der Waals surface area contributed by atoms with E-state index in [2.05, 4.69) is 97.8 Å². The molecule has 1 aliphatic heterocycles. The lowest BCUT2D eigenvalue weighted by atomic mass is 9.86. The van der Waals surface area contributed by atoms with E-state index >= 15 is 0 Å². The maximum Gasteiger partial charge on any atom is 0.573 e. The smallest absolute Gasteiger partial charge is 0.406 e. The molecule has 0 spiro atoms. The lowest BCUT2D eigenvalue weighted by Crippen LogP contribution is -2.32. The number of alkyl halides is 3. The van der Waals surface area contributed by atoms with Crippen LogP contribution in [0.5, 0.6) is 5.75 Å². The van der Waals surface area contributed by atoms with Crippen molar-refractivity contribution in [2.45, 2.75) is 77.6 Å². The number of nitrogens with zero attached hydrogens (tertiary/aromatic N) is 5. The van der Waals surface area contributed by atoms with Crippen LogP contribution in [0.25, 0.3) is 15.9 Å². The van der Waals surface area contributed by atoms with Crippen molar-refractivity contribution in [1.29, 1.82) is 0 Å². The summed E-state index contributed by atoms with van der Waals surface area (Å²) in [7, 11) is 0. The summed E-state index contributed by atoms with van der Waals surface area (Å²) in [6.07, 6.45) is 2.06. The number of aryl methyl sites for hydroxylation is 1. The molecule has 0 atom stereocenters. The van der Waals surface area contributed by atoms with E-state index in [1.807, 2.05) is 25.1 Å². The summed E-state index contributed by atoms with van der Waals surface area (Å²) in [5.74, 6) is 0.823. The lowest BCUT2D eigenvalue weighted by molar-refractivity contribution is -0.274. The minimum atomic E-state index is -4.68. The molecular formula is C47H49ClF3N7O2S. The number of aromatic nitrogens is 4. The summed E-state index contributed by atoms with van der Waals surface area (Å²) in [5, 5.41) is 9.01.